The molecule has 0 saturated heterocycles. The highest BCUT2D eigenvalue weighted by atomic mass is 16.1. The standard InChI is InChI=1S/C12H20N4O/c1-9-8-10(4-5-11(9)15-13)12(17)14-6-7-16(2)3/h4-5,8,15H,6-7,13H2,1-3H3,(H,14,17). The molecule has 0 spiro atoms. The van der Waals surface area contributed by atoms with E-state index in [0.29, 0.717) is 12.1 Å². The molecule has 94 valence electrons. The zero-order valence-electron chi connectivity index (χ0n) is 10.6. The predicted octanol–water partition coefficient (Wildman–Crippen LogP) is 0.572. The third-order valence-corrected chi connectivity index (χ3v) is 2.49. The number of hydrogen-bond acceptors (Lipinski definition) is 4. The zero-order chi connectivity index (χ0) is 12.8. The molecule has 0 saturated carbocycles. The number of anilines is 1. The average Bonchev–Trinajstić information content (AvgIpc) is 2.28. The number of aryl methyl sites for hydroxylation is 1. The molecule has 4 N–H and O–H groups in total. The van der Waals surface area contributed by atoms with Crippen LogP contribution in [0.2, 0.25) is 0 Å². The smallest absolute Gasteiger partial charge is 0.251 e. The molecule has 17 heavy (non-hydrogen) atoms. The van der Waals surface area contributed by atoms with Crippen molar-refractivity contribution in [3.05, 3.63) is 29.3 Å². The summed E-state index contributed by atoms with van der Waals surface area (Å²) >= 11 is 0. The molecule has 0 heterocycles. The minimum Gasteiger partial charge on any atom is -0.351 e. The largest absolute Gasteiger partial charge is 0.351 e. The Morgan fingerprint density at radius 3 is 2.65 bits per heavy atom. The fraction of sp³-hybridized carbons (Fsp3) is 0.417. The molecule has 0 aliphatic rings. The number of likely N-dealkylation sites (N-methyl/N-ethyl adjacent to an activating group) is 1. The van der Waals surface area contributed by atoms with Crippen LogP contribution in [0.4, 0.5) is 5.69 Å². The number of rotatable bonds is 5. The lowest BCUT2D eigenvalue weighted by Crippen LogP contribution is -2.31. The van der Waals surface area contributed by atoms with Gasteiger partial charge in [-0.2, -0.15) is 0 Å². The lowest BCUT2D eigenvalue weighted by Gasteiger charge is -2.11. The lowest BCUT2D eigenvalue weighted by atomic mass is 10.1. The number of nitrogen functional groups attached to an aromatic ring is 1. The first kappa shape index (κ1) is 13.5. The molecule has 0 bridgehead atoms. The second-order valence-electron chi connectivity index (χ2n) is 4.23. The maximum Gasteiger partial charge on any atom is 0.251 e. The molecule has 0 radical (unpaired) electrons. The topological polar surface area (TPSA) is 70.4 Å². The number of carbonyl (C=O) groups is 1. The average molecular weight is 236 g/mol. The van der Waals surface area contributed by atoms with Crippen molar-refractivity contribution < 1.29 is 4.79 Å². The Kier molecular flexibility index (Phi) is 4.93. The van der Waals surface area contributed by atoms with Gasteiger partial charge in [-0.15, -0.1) is 0 Å². The highest BCUT2D eigenvalue weighted by Crippen LogP contribution is 2.14. The summed E-state index contributed by atoms with van der Waals surface area (Å²) in [7, 11) is 3.94. The van der Waals surface area contributed by atoms with E-state index in [9.17, 15) is 4.79 Å². The molecule has 1 aromatic rings. The van der Waals surface area contributed by atoms with E-state index >= 15 is 0 Å². The molecule has 1 aromatic carbocycles. The maximum atomic E-state index is 11.8. The van der Waals surface area contributed by atoms with Crippen LogP contribution in [0.25, 0.3) is 0 Å². The van der Waals surface area contributed by atoms with Crippen LogP contribution in [-0.2, 0) is 0 Å². The van der Waals surface area contributed by atoms with Gasteiger partial charge in [0.2, 0.25) is 0 Å². The SMILES string of the molecule is Cc1cc(C(=O)NCCN(C)C)ccc1NN. The van der Waals surface area contributed by atoms with Crippen molar-refractivity contribution in [2.45, 2.75) is 6.92 Å². The van der Waals surface area contributed by atoms with E-state index in [4.69, 9.17) is 5.84 Å². The summed E-state index contributed by atoms with van der Waals surface area (Å²) in [6.07, 6.45) is 0. The van der Waals surface area contributed by atoms with E-state index in [2.05, 4.69) is 10.7 Å². The summed E-state index contributed by atoms with van der Waals surface area (Å²) in [6.45, 7) is 3.38. The first-order valence-electron chi connectivity index (χ1n) is 5.55. The lowest BCUT2D eigenvalue weighted by molar-refractivity contribution is 0.0951. The van der Waals surface area contributed by atoms with Gasteiger partial charge in [0.25, 0.3) is 5.91 Å². The number of nitrogens with two attached hydrogens (primary N) is 1. The third-order valence-electron chi connectivity index (χ3n) is 2.49. The molecule has 0 fully saturated rings. The predicted molar refractivity (Wildman–Crippen MR) is 69.9 cm³/mol. The highest BCUT2D eigenvalue weighted by Gasteiger charge is 2.06. The van der Waals surface area contributed by atoms with Gasteiger partial charge in [0, 0.05) is 18.7 Å². The van der Waals surface area contributed by atoms with Crippen molar-refractivity contribution in [2.24, 2.45) is 5.84 Å². The first-order chi connectivity index (χ1) is 8.04. The number of benzene rings is 1. The zero-order valence-corrected chi connectivity index (χ0v) is 10.6. The Morgan fingerprint density at radius 2 is 2.12 bits per heavy atom. The monoisotopic (exact) mass is 236 g/mol. The van der Waals surface area contributed by atoms with Gasteiger partial charge in [0.05, 0.1) is 5.69 Å². The van der Waals surface area contributed by atoms with Gasteiger partial charge in [0.15, 0.2) is 0 Å². The second-order valence-corrected chi connectivity index (χ2v) is 4.23. The van der Waals surface area contributed by atoms with Crippen molar-refractivity contribution in [3.8, 4) is 0 Å². The van der Waals surface area contributed by atoms with Crippen molar-refractivity contribution in [2.75, 3.05) is 32.6 Å². The van der Waals surface area contributed by atoms with Gasteiger partial charge in [0.1, 0.15) is 0 Å². The fourth-order valence-electron chi connectivity index (χ4n) is 1.46. The number of carbonyl (C=O) groups excluding carboxylic acids is 1. The molecule has 0 unspecified atom stereocenters. The quantitative estimate of drug-likeness (QED) is 0.516. The van der Waals surface area contributed by atoms with Crippen LogP contribution in [-0.4, -0.2) is 38.0 Å². The van der Waals surface area contributed by atoms with E-state index in [0.717, 1.165) is 17.8 Å². The number of hydrazine groups is 1. The van der Waals surface area contributed by atoms with Gasteiger partial charge < -0.3 is 15.6 Å². The number of nitrogens with one attached hydrogen (secondary N) is 2. The summed E-state index contributed by atoms with van der Waals surface area (Å²) in [5.74, 6) is 5.28. The second kappa shape index (κ2) is 6.22. The third kappa shape index (κ3) is 4.05. The molecule has 0 aliphatic heterocycles. The number of amides is 1. The van der Waals surface area contributed by atoms with Crippen LogP contribution < -0.4 is 16.6 Å². The summed E-state index contributed by atoms with van der Waals surface area (Å²) in [5.41, 5.74) is 5.01. The molecule has 5 nitrogen and oxygen atoms in total. The van der Waals surface area contributed by atoms with Crippen LogP contribution >= 0.6 is 0 Å². The Bertz CT molecular complexity index is 390. The van der Waals surface area contributed by atoms with Crippen LogP contribution in [0.1, 0.15) is 15.9 Å². The molecular formula is C12H20N4O. The van der Waals surface area contributed by atoms with Crippen LogP contribution in [0.3, 0.4) is 0 Å². The van der Waals surface area contributed by atoms with Gasteiger partial charge in [-0.3, -0.25) is 10.6 Å². The van der Waals surface area contributed by atoms with Crippen molar-refractivity contribution in [1.82, 2.24) is 10.2 Å². The van der Waals surface area contributed by atoms with E-state index in [1.54, 1.807) is 12.1 Å². The van der Waals surface area contributed by atoms with Gasteiger partial charge in [-0.1, -0.05) is 0 Å². The van der Waals surface area contributed by atoms with Crippen molar-refractivity contribution in [3.63, 3.8) is 0 Å². The minimum absolute atomic E-state index is 0.0569. The molecule has 1 amide bonds. The normalized spacial score (nSPS) is 10.4. The number of nitrogens with zero attached hydrogens (tertiary/aromatic N) is 1. The van der Waals surface area contributed by atoms with Crippen LogP contribution in [0.15, 0.2) is 18.2 Å². The number of hydrogen-bond donors (Lipinski definition) is 3. The summed E-state index contributed by atoms with van der Waals surface area (Å²) < 4.78 is 0. The highest BCUT2D eigenvalue weighted by molar-refractivity contribution is 5.94. The molecule has 0 aliphatic carbocycles. The van der Waals surface area contributed by atoms with E-state index in [1.807, 2.05) is 32.0 Å². The molecule has 0 atom stereocenters. The minimum atomic E-state index is -0.0569. The Hall–Kier alpha value is -1.59. The first-order valence-corrected chi connectivity index (χ1v) is 5.55. The summed E-state index contributed by atoms with van der Waals surface area (Å²) in [6, 6.07) is 5.38. The molecular weight excluding hydrogens is 216 g/mol. The van der Waals surface area contributed by atoms with Gasteiger partial charge in [-0.25, -0.2) is 0 Å². The Morgan fingerprint density at radius 1 is 1.41 bits per heavy atom. The van der Waals surface area contributed by atoms with E-state index < -0.39 is 0 Å². The fourth-order valence-corrected chi connectivity index (χ4v) is 1.46. The van der Waals surface area contributed by atoms with Gasteiger partial charge in [-0.05, 0) is 44.8 Å². The molecule has 1 rings (SSSR count). The molecule has 0 aromatic heterocycles. The summed E-state index contributed by atoms with van der Waals surface area (Å²) in [5, 5.41) is 2.86. The van der Waals surface area contributed by atoms with E-state index in [-0.39, 0.29) is 5.91 Å². The molecule has 5 heteroatoms. The van der Waals surface area contributed by atoms with Crippen LogP contribution in [0, 0.1) is 6.92 Å². The Balaban J connectivity index is 2.60. The maximum absolute atomic E-state index is 11.8. The van der Waals surface area contributed by atoms with Gasteiger partial charge >= 0.3 is 0 Å². The van der Waals surface area contributed by atoms with Crippen molar-refractivity contribution >= 4 is 11.6 Å². The van der Waals surface area contributed by atoms with E-state index in [1.165, 1.54) is 0 Å². The van der Waals surface area contributed by atoms with Crippen LogP contribution in [0.5, 0.6) is 0 Å². The van der Waals surface area contributed by atoms with Crippen molar-refractivity contribution in [1.29, 1.82) is 0 Å². The Labute approximate surface area is 102 Å². The summed E-state index contributed by atoms with van der Waals surface area (Å²) in [4.78, 5) is 13.8.